The number of halogens is 1. The monoisotopic (exact) mass is 390 g/mol. The van der Waals surface area contributed by atoms with E-state index in [1.54, 1.807) is 32.2 Å². The van der Waals surface area contributed by atoms with E-state index < -0.39 is 22.8 Å². The normalized spacial score (nSPS) is 11.7. The number of nitrogens with one attached hydrogen (secondary N) is 2. The molecule has 2 amide bonds. The van der Waals surface area contributed by atoms with Gasteiger partial charge in [-0.15, -0.1) is 0 Å². The van der Waals surface area contributed by atoms with Crippen LogP contribution < -0.4 is 10.6 Å². The van der Waals surface area contributed by atoms with Crippen LogP contribution in [0.5, 0.6) is 0 Å². The number of carbonyl (C=O) groups excluding carboxylic acids is 2. The minimum absolute atomic E-state index is 0.0398. The van der Waals surface area contributed by atoms with Crippen molar-refractivity contribution in [2.24, 2.45) is 5.92 Å². The number of hydrogen-bond donors (Lipinski definition) is 2. The van der Waals surface area contributed by atoms with Crippen molar-refractivity contribution in [1.29, 1.82) is 0 Å². The lowest BCUT2D eigenvalue weighted by atomic mass is 10.0. The Bertz CT molecular complexity index is 868. The molecule has 1 unspecified atom stereocenters. The van der Waals surface area contributed by atoms with Gasteiger partial charge >= 0.3 is 0 Å². The quantitative estimate of drug-likeness (QED) is 0.579. The van der Waals surface area contributed by atoms with Gasteiger partial charge in [-0.1, -0.05) is 31.5 Å². The predicted octanol–water partition coefficient (Wildman–Crippen LogP) is 3.34. The summed E-state index contributed by atoms with van der Waals surface area (Å²) in [7, 11) is 0. The van der Waals surface area contributed by atoms with Gasteiger partial charge in [-0.2, -0.15) is 0 Å². The van der Waals surface area contributed by atoms with Crippen molar-refractivity contribution in [2.45, 2.75) is 26.8 Å². The number of aromatic nitrogens is 1. The molecule has 1 aromatic carbocycles. The van der Waals surface area contributed by atoms with Crippen LogP contribution in [-0.2, 0) is 4.79 Å². The van der Waals surface area contributed by atoms with Crippen LogP contribution >= 0.6 is 11.6 Å². The summed E-state index contributed by atoms with van der Waals surface area (Å²) in [5.41, 5.74) is 0.614. The highest BCUT2D eigenvalue weighted by molar-refractivity contribution is 6.32. The van der Waals surface area contributed by atoms with Crippen LogP contribution in [0.4, 0.5) is 11.5 Å². The number of anilines is 1. The third kappa shape index (κ3) is 5.24. The van der Waals surface area contributed by atoms with Gasteiger partial charge in [-0.25, -0.2) is 4.98 Å². The van der Waals surface area contributed by atoms with Crippen molar-refractivity contribution < 1.29 is 14.5 Å². The average Bonchev–Trinajstić information content (AvgIpc) is 2.61. The number of nitro benzene ring substituents is 1. The molecule has 0 aliphatic rings. The van der Waals surface area contributed by atoms with E-state index in [0.717, 1.165) is 11.6 Å². The van der Waals surface area contributed by atoms with Crippen molar-refractivity contribution in [3.63, 3.8) is 0 Å². The van der Waals surface area contributed by atoms with Gasteiger partial charge in [0.05, 0.1) is 4.92 Å². The maximum atomic E-state index is 12.5. The molecular weight excluding hydrogens is 372 g/mol. The van der Waals surface area contributed by atoms with Crippen molar-refractivity contribution in [2.75, 3.05) is 5.32 Å². The fraction of sp³-hybridized carbons (Fsp3) is 0.278. The molecule has 1 atom stereocenters. The van der Waals surface area contributed by atoms with Crippen LogP contribution in [0.2, 0.25) is 5.02 Å². The van der Waals surface area contributed by atoms with E-state index in [0.29, 0.717) is 5.82 Å². The fourth-order valence-electron chi connectivity index (χ4n) is 2.30. The van der Waals surface area contributed by atoms with Gasteiger partial charge in [0.2, 0.25) is 5.91 Å². The van der Waals surface area contributed by atoms with Crippen LogP contribution in [0.15, 0.2) is 36.5 Å². The summed E-state index contributed by atoms with van der Waals surface area (Å²) < 4.78 is 0. The van der Waals surface area contributed by atoms with Gasteiger partial charge < -0.3 is 10.6 Å². The second kappa shape index (κ2) is 8.59. The molecule has 0 bridgehead atoms. The van der Waals surface area contributed by atoms with Crippen LogP contribution in [-0.4, -0.2) is 27.8 Å². The molecule has 1 heterocycles. The van der Waals surface area contributed by atoms with E-state index >= 15 is 0 Å². The molecule has 142 valence electrons. The Morgan fingerprint density at radius 2 is 1.93 bits per heavy atom. The highest BCUT2D eigenvalue weighted by Gasteiger charge is 2.26. The third-order valence-electron chi connectivity index (χ3n) is 3.80. The van der Waals surface area contributed by atoms with Gasteiger partial charge in [0.1, 0.15) is 16.9 Å². The predicted molar refractivity (Wildman–Crippen MR) is 102 cm³/mol. The molecule has 2 rings (SSSR count). The van der Waals surface area contributed by atoms with Gasteiger partial charge in [0.15, 0.2) is 0 Å². The van der Waals surface area contributed by atoms with Crippen molar-refractivity contribution in [1.82, 2.24) is 10.3 Å². The van der Waals surface area contributed by atoms with Gasteiger partial charge in [-0.3, -0.25) is 19.7 Å². The van der Waals surface area contributed by atoms with Crippen LogP contribution in [0.1, 0.15) is 29.8 Å². The highest BCUT2D eigenvalue weighted by atomic mass is 35.5. The maximum absolute atomic E-state index is 12.5. The summed E-state index contributed by atoms with van der Waals surface area (Å²) in [5.74, 6) is -0.895. The van der Waals surface area contributed by atoms with E-state index in [-0.39, 0.29) is 22.2 Å². The van der Waals surface area contributed by atoms with Crippen LogP contribution in [0.25, 0.3) is 0 Å². The number of benzene rings is 1. The van der Waals surface area contributed by atoms with Crippen molar-refractivity contribution in [3.05, 3.63) is 62.8 Å². The molecule has 1 aromatic heterocycles. The summed E-state index contributed by atoms with van der Waals surface area (Å²) in [6.45, 7) is 5.43. The number of pyridine rings is 1. The molecule has 0 fully saturated rings. The largest absolute Gasteiger partial charge is 0.340 e. The topological polar surface area (TPSA) is 114 Å². The smallest absolute Gasteiger partial charge is 0.288 e. The zero-order valence-electron chi connectivity index (χ0n) is 15.0. The lowest BCUT2D eigenvalue weighted by Gasteiger charge is -2.21. The summed E-state index contributed by atoms with van der Waals surface area (Å²) in [6, 6.07) is 6.33. The molecule has 0 radical (unpaired) electrons. The SMILES string of the molecule is Cc1ccc(NC(=O)C(NC(=O)c2ccc(Cl)c([N+](=O)[O-])c2)C(C)C)nc1. The Kier molecular flexibility index (Phi) is 6.46. The molecule has 27 heavy (non-hydrogen) atoms. The Hall–Kier alpha value is -3.00. The Labute approximate surface area is 161 Å². The van der Waals surface area contributed by atoms with Gasteiger partial charge in [-0.05, 0) is 36.6 Å². The zero-order chi connectivity index (χ0) is 20.1. The van der Waals surface area contributed by atoms with Gasteiger partial charge in [0, 0.05) is 17.8 Å². The number of nitrogens with zero attached hydrogens (tertiary/aromatic N) is 2. The van der Waals surface area contributed by atoms with Gasteiger partial charge in [0.25, 0.3) is 11.6 Å². The van der Waals surface area contributed by atoms with E-state index in [2.05, 4.69) is 15.6 Å². The lowest BCUT2D eigenvalue weighted by molar-refractivity contribution is -0.384. The summed E-state index contributed by atoms with van der Waals surface area (Å²) >= 11 is 5.76. The molecule has 0 spiro atoms. The first-order valence-corrected chi connectivity index (χ1v) is 8.55. The second-order valence-corrected chi connectivity index (χ2v) is 6.74. The first kappa shape index (κ1) is 20.3. The lowest BCUT2D eigenvalue weighted by Crippen LogP contribution is -2.47. The first-order chi connectivity index (χ1) is 12.7. The van der Waals surface area contributed by atoms with Crippen LogP contribution in [0.3, 0.4) is 0 Å². The number of amides is 2. The molecule has 0 aliphatic heterocycles. The molecule has 2 N–H and O–H groups in total. The molecule has 8 nitrogen and oxygen atoms in total. The number of nitro groups is 1. The van der Waals surface area contributed by atoms with Crippen molar-refractivity contribution >= 4 is 34.9 Å². The summed E-state index contributed by atoms with van der Waals surface area (Å²) in [6.07, 6.45) is 1.62. The molecule has 2 aromatic rings. The summed E-state index contributed by atoms with van der Waals surface area (Å²) in [5, 5.41) is 16.2. The minimum Gasteiger partial charge on any atom is -0.340 e. The minimum atomic E-state index is -0.852. The number of hydrogen-bond acceptors (Lipinski definition) is 5. The van der Waals surface area contributed by atoms with Crippen LogP contribution in [0, 0.1) is 23.0 Å². The second-order valence-electron chi connectivity index (χ2n) is 6.33. The Balaban J connectivity index is 2.16. The Morgan fingerprint density at radius 1 is 1.22 bits per heavy atom. The third-order valence-corrected chi connectivity index (χ3v) is 4.12. The van der Waals surface area contributed by atoms with E-state index in [1.165, 1.54) is 12.1 Å². The number of aryl methyl sites for hydroxylation is 1. The fourth-order valence-corrected chi connectivity index (χ4v) is 2.49. The maximum Gasteiger partial charge on any atom is 0.288 e. The zero-order valence-corrected chi connectivity index (χ0v) is 15.8. The molecule has 0 aliphatic carbocycles. The van der Waals surface area contributed by atoms with Crippen molar-refractivity contribution in [3.8, 4) is 0 Å². The van der Waals surface area contributed by atoms with E-state index in [9.17, 15) is 19.7 Å². The Morgan fingerprint density at radius 3 is 2.48 bits per heavy atom. The number of carbonyl (C=O) groups is 2. The molecular formula is C18H19ClN4O4. The summed E-state index contributed by atoms with van der Waals surface area (Å²) in [4.78, 5) is 39.4. The first-order valence-electron chi connectivity index (χ1n) is 8.17. The molecule has 0 saturated heterocycles. The molecule has 0 saturated carbocycles. The molecule has 9 heteroatoms. The highest BCUT2D eigenvalue weighted by Crippen LogP contribution is 2.25. The standard InChI is InChI=1S/C18H19ClN4O4/c1-10(2)16(18(25)21-15-7-4-11(3)9-20-15)22-17(24)12-5-6-13(19)14(8-12)23(26)27/h4-10,16H,1-3H3,(H,22,24)(H,20,21,25). The van der Waals surface area contributed by atoms with E-state index in [4.69, 9.17) is 11.6 Å². The number of rotatable bonds is 6. The van der Waals surface area contributed by atoms with E-state index in [1.807, 2.05) is 6.92 Å². The average molecular weight is 391 g/mol.